The van der Waals surface area contributed by atoms with Crippen molar-refractivity contribution in [1.29, 1.82) is 0 Å². The van der Waals surface area contributed by atoms with Crippen molar-refractivity contribution in [2.45, 2.75) is 58.9 Å². The second kappa shape index (κ2) is 8.85. The molecule has 0 aromatic carbocycles. The fourth-order valence-electron chi connectivity index (χ4n) is 3.07. The van der Waals surface area contributed by atoms with E-state index in [-0.39, 0.29) is 12.6 Å². The van der Waals surface area contributed by atoms with E-state index < -0.39 is 6.43 Å². The maximum absolute atomic E-state index is 12.3. The van der Waals surface area contributed by atoms with Gasteiger partial charge in [0.2, 0.25) is 0 Å². The fraction of sp³-hybridized carbons (Fsp3) is 1.00. The van der Waals surface area contributed by atoms with Crippen LogP contribution in [0.3, 0.4) is 0 Å². The molecular formula is C15H30F2N2. The molecule has 0 spiro atoms. The molecule has 19 heavy (non-hydrogen) atoms. The van der Waals surface area contributed by atoms with Crippen molar-refractivity contribution >= 4 is 0 Å². The predicted octanol–water partition coefficient (Wildman–Crippen LogP) is 3.38. The zero-order chi connectivity index (χ0) is 14.3. The zero-order valence-corrected chi connectivity index (χ0v) is 12.7. The third-order valence-corrected chi connectivity index (χ3v) is 3.76. The average molecular weight is 276 g/mol. The number of alkyl halides is 2. The Morgan fingerprint density at radius 1 is 1.26 bits per heavy atom. The van der Waals surface area contributed by atoms with Crippen LogP contribution in [0.5, 0.6) is 0 Å². The van der Waals surface area contributed by atoms with Crippen LogP contribution in [0.1, 0.15) is 46.5 Å². The molecule has 1 aliphatic rings. The summed E-state index contributed by atoms with van der Waals surface area (Å²) in [7, 11) is 0. The molecule has 0 aliphatic carbocycles. The normalized spacial score (nSPS) is 25.4. The molecule has 1 rings (SSSR count). The molecule has 1 fully saturated rings. The Labute approximate surface area is 116 Å². The lowest BCUT2D eigenvalue weighted by atomic mass is 9.89. The van der Waals surface area contributed by atoms with Gasteiger partial charge in [-0.25, -0.2) is 8.78 Å². The van der Waals surface area contributed by atoms with Crippen molar-refractivity contribution in [3.8, 4) is 0 Å². The van der Waals surface area contributed by atoms with Crippen molar-refractivity contribution < 1.29 is 8.78 Å². The first-order valence-electron chi connectivity index (χ1n) is 7.75. The fourth-order valence-corrected chi connectivity index (χ4v) is 3.07. The van der Waals surface area contributed by atoms with Crippen molar-refractivity contribution in [1.82, 2.24) is 10.2 Å². The SMILES string of the molecule is CCCCC1CC(NCC(F)F)CN(CC(C)C)C1. The first-order chi connectivity index (χ1) is 9.01. The lowest BCUT2D eigenvalue weighted by Gasteiger charge is -2.39. The van der Waals surface area contributed by atoms with Crippen LogP contribution in [-0.4, -0.2) is 43.5 Å². The molecule has 114 valence electrons. The molecule has 4 heteroatoms. The van der Waals surface area contributed by atoms with Crippen molar-refractivity contribution in [2.24, 2.45) is 11.8 Å². The summed E-state index contributed by atoms with van der Waals surface area (Å²) in [5.41, 5.74) is 0. The topological polar surface area (TPSA) is 15.3 Å². The molecule has 1 N–H and O–H groups in total. The maximum atomic E-state index is 12.3. The Hall–Kier alpha value is -0.220. The second-order valence-corrected chi connectivity index (χ2v) is 6.35. The minimum Gasteiger partial charge on any atom is -0.307 e. The largest absolute Gasteiger partial charge is 0.307 e. The van der Waals surface area contributed by atoms with Crippen molar-refractivity contribution in [3.05, 3.63) is 0 Å². The summed E-state index contributed by atoms with van der Waals surface area (Å²) in [4.78, 5) is 2.46. The van der Waals surface area contributed by atoms with E-state index in [1.54, 1.807) is 0 Å². The van der Waals surface area contributed by atoms with E-state index >= 15 is 0 Å². The lowest BCUT2D eigenvalue weighted by Crippen LogP contribution is -2.51. The molecule has 0 bridgehead atoms. The zero-order valence-electron chi connectivity index (χ0n) is 12.7. The highest BCUT2D eigenvalue weighted by Gasteiger charge is 2.27. The number of unbranched alkanes of at least 4 members (excludes halogenated alkanes) is 1. The average Bonchev–Trinajstić information content (AvgIpc) is 2.33. The van der Waals surface area contributed by atoms with Crippen LogP contribution < -0.4 is 5.32 Å². The van der Waals surface area contributed by atoms with Crippen molar-refractivity contribution in [3.63, 3.8) is 0 Å². The highest BCUT2D eigenvalue weighted by atomic mass is 19.3. The third kappa shape index (κ3) is 7.21. The summed E-state index contributed by atoms with van der Waals surface area (Å²) in [5, 5.41) is 3.04. The smallest absolute Gasteiger partial charge is 0.250 e. The first kappa shape index (κ1) is 16.8. The molecule has 2 nitrogen and oxygen atoms in total. The summed E-state index contributed by atoms with van der Waals surface area (Å²) >= 11 is 0. The van der Waals surface area contributed by atoms with Crippen LogP contribution in [0.2, 0.25) is 0 Å². The Morgan fingerprint density at radius 2 is 2.00 bits per heavy atom. The number of nitrogens with zero attached hydrogens (tertiary/aromatic N) is 1. The number of likely N-dealkylation sites (tertiary alicyclic amines) is 1. The molecule has 0 radical (unpaired) electrons. The molecule has 0 aromatic heterocycles. The molecule has 1 aliphatic heterocycles. The minimum atomic E-state index is -2.24. The van der Waals surface area contributed by atoms with Gasteiger partial charge in [-0.1, -0.05) is 33.6 Å². The van der Waals surface area contributed by atoms with Gasteiger partial charge in [0.1, 0.15) is 0 Å². The predicted molar refractivity (Wildman–Crippen MR) is 76.7 cm³/mol. The van der Waals surface area contributed by atoms with E-state index in [9.17, 15) is 8.78 Å². The molecule has 0 aromatic rings. The van der Waals surface area contributed by atoms with Crippen LogP contribution in [0.25, 0.3) is 0 Å². The van der Waals surface area contributed by atoms with Gasteiger partial charge in [0.15, 0.2) is 0 Å². The molecule has 2 atom stereocenters. The second-order valence-electron chi connectivity index (χ2n) is 6.35. The molecular weight excluding hydrogens is 246 g/mol. The maximum Gasteiger partial charge on any atom is 0.250 e. The van der Waals surface area contributed by atoms with E-state index in [1.165, 1.54) is 19.3 Å². The van der Waals surface area contributed by atoms with E-state index in [2.05, 4.69) is 31.0 Å². The van der Waals surface area contributed by atoms with Gasteiger partial charge in [-0.3, -0.25) is 0 Å². The Balaban J connectivity index is 2.45. The highest BCUT2D eigenvalue weighted by molar-refractivity contribution is 4.84. The molecule has 2 unspecified atom stereocenters. The number of hydrogen-bond donors (Lipinski definition) is 1. The van der Waals surface area contributed by atoms with Gasteiger partial charge in [0, 0.05) is 25.7 Å². The van der Waals surface area contributed by atoms with E-state index in [1.807, 2.05) is 0 Å². The van der Waals surface area contributed by atoms with Crippen LogP contribution in [0.15, 0.2) is 0 Å². The number of hydrogen-bond acceptors (Lipinski definition) is 2. The van der Waals surface area contributed by atoms with Gasteiger partial charge in [-0.15, -0.1) is 0 Å². The number of halogens is 2. The van der Waals surface area contributed by atoms with Crippen LogP contribution in [0.4, 0.5) is 8.78 Å². The summed E-state index contributed by atoms with van der Waals surface area (Å²) < 4.78 is 24.6. The van der Waals surface area contributed by atoms with Crippen LogP contribution in [-0.2, 0) is 0 Å². The number of nitrogens with one attached hydrogen (secondary N) is 1. The Bertz CT molecular complexity index is 234. The van der Waals surface area contributed by atoms with Crippen molar-refractivity contribution in [2.75, 3.05) is 26.2 Å². The van der Waals surface area contributed by atoms with Gasteiger partial charge in [-0.05, 0) is 24.7 Å². The number of rotatable bonds is 8. The minimum absolute atomic E-state index is 0.166. The van der Waals surface area contributed by atoms with Gasteiger partial charge in [-0.2, -0.15) is 0 Å². The lowest BCUT2D eigenvalue weighted by molar-refractivity contribution is 0.0995. The summed E-state index contributed by atoms with van der Waals surface area (Å²) in [6.45, 7) is 9.63. The van der Waals surface area contributed by atoms with Crippen LogP contribution in [0, 0.1) is 11.8 Å². The Kier molecular flexibility index (Phi) is 7.84. The molecule has 1 saturated heterocycles. The molecule has 0 amide bonds. The van der Waals surface area contributed by atoms with Gasteiger partial charge >= 0.3 is 0 Å². The van der Waals surface area contributed by atoms with Gasteiger partial charge in [0.25, 0.3) is 6.43 Å². The Morgan fingerprint density at radius 3 is 2.58 bits per heavy atom. The monoisotopic (exact) mass is 276 g/mol. The highest BCUT2D eigenvalue weighted by Crippen LogP contribution is 2.23. The van der Waals surface area contributed by atoms with Gasteiger partial charge < -0.3 is 10.2 Å². The molecule has 1 heterocycles. The van der Waals surface area contributed by atoms with E-state index in [0.717, 1.165) is 26.1 Å². The van der Waals surface area contributed by atoms with Gasteiger partial charge in [0.05, 0.1) is 6.54 Å². The van der Waals surface area contributed by atoms with E-state index in [0.29, 0.717) is 11.8 Å². The summed E-state index contributed by atoms with van der Waals surface area (Å²) in [6, 6.07) is 0.239. The summed E-state index contributed by atoms with van der Waals surface area (Å²) in [6.07, 6.45) is 2.52. The third-order valence-electron chi connectivity index (χ3n) is 3.76. The van der Waals surface area contributed by atoms with E-state index in [4.69, 9.17) is 0 Å². The quantitative estimate of drug-likeness (QED) is 0.731. The number of piperidine rings is 1. The summed E-state index contributed by atoms with van der Waals surface area (Å²) in [5.74, 6) is 1.31. The van der Waals surface area contributed by atoms with Crippen LogP contribution >= 0.6 is 0 Å². The first-order valence-corrected chi connectivity index (χ1v) is 7.75. The molecule has 0 saturated carbocycles. The standard InChI is InChI=1S/C15H30F2N2/c1-4-5-6-13-7-14(18-8-15(16)17)11-19(10-13)9-12(2)3/h12-15,18H,4-11H2,1-3H3.